The highest BCUT2D eigenvalue weighted by Crippen LogP contribution is 1.95. The van der Waals surface area contributed by atoms with Crippen LogP contribution in [-0.4, -0.2) is 12.8 Å². The van der Waals surface area contributed by atoms with Crippen LogP contribution in [0.3, 0.4) is 0 Å². The van der Waals surface area contributed by atoms with Gasteiger partial charge in [-0.05, 0) is 13.0 Å². The van der Waals surface area contributed by atoms with Crippen LogP contribution in [0.1, 0.15) is 5.56 Å². The Labute approximate surface area is 55.5 Å². The lowest BCUT2D eigenvalue weighted by Gasteiger charge is -1.97. The van der Waals surface area contributed by atoms with Gasteiger partial charge in [0.15, 0.2) is 0 Å². The van der Waals surface area contributed by atoms with Crippen LogP contribution in [0.4, 0.5) is 5.82 Å². The maximum atomic E-state index is 5.47. The number of nitrogen functional groups attached to an aromatic ring is 1. The minimum Gasteiger partial charge on any atom is -0.384 e. The zero-order valence-corrected chi connectivity index (χ0v) is 5.26. The molecule has 44 valence electrons. The molecule has 0 aromatic carbocycles. The molecule has 2 radical (unpaired) electrons. The molecule has 3 heteroatoms. The van der Waals surface area contributed by atoms with Crippen LogP contribution in [0.25, 0.3) is 0 Å². The Bertz CT molecular complexity index is 222. The van der Waals surface area contributed by atoms with Gasteiger partial charge >= 0.3 is 0 Å². The molecule has 2 nitrogen and oxygen atoms in total. The molecule has 0 aliphatic heterocycles. The molecule has 0 unspecified atom stereocenters. The molecular weight excluding hydrogens is 111 g/mol. The number of pyridine rings is 1. The average Bonchev–Trinajstić information content (AvgIpc) is 1.80. The van der Waals surface area contributed by atoms with Gasteiger partial charge < -0.3 is 5.73 Å². The van der Waals surface area contributed by atoms with Crippen LogP contribution in [0.15, 0.2) is 12.3 Å². The Balaban J connectivity index is 3.17. The fourth-order valence-electron chi connectivity index (χ4n) is 0.588. The second-order valence-electron chi connectivity index (χ2n) is 1.97. The quantitative estimate of drug-likeness (QED) is 0.477. The molecule has 1 aromatic heterocycles. The van der Waals surface area contributed by atoms with Crippen molar-refractivity contribution in [1.29, 1.82) is 0 Å². The highest BCUT2D eigenvalue weighted by atomic mass is 14.8. The Morgan fingerprint density at radius 2 is 2.33 bits per heavy atom. The highest BCUT2D eigenvalue weighted by molar-refractivity contribution is 6.33. The van der Waals surface area contributed by atoms with E-state index in [1.807, 2.05) is 6.92 Å². The third-order valence-electron chi connectivity index (χ3n) is 1.17. The van der Waals surface area contributed by atoms with Crippen LogP contribution < -0.4 is 11.2 Å². The molecule has 9 heavy (non-hydrogen) atoms. The molecule has 1 aromatic rings. The molecule has 1 heterocycles. The van der Waals surface area contributed by atoms with Crippen molar-refractivity contribution in [2.75, 3.05) is 5.73 Å². The molecule has 2 N–H and O–H groups in total. The molecule has 0 saturated carbocycles. The number of rotatable bonds is 0. The van der Waals surface area contributed by atoms with Crippen molar-refractivity contribution in [2.45, 2.75) is 6.92 Å². The van der Waals surface area contributed by atoms with E-state index in [9.17, 15) is 0 Å². The Morgan fingerprint density at radius 1 is 1.67 bits per heavy atom. The zero-order valence-electron chi connectivity index (χ0n) is 5.26. The number of hydrogen-bond donors (Lipinski definition) is 1. The predicted octanol–water partition coefficient (Wildman–Crippen LogP) is -0.234. The minimum atomic E-state index is 0.515. The van der Waals surface area contributed by atoms with Gasteiger partial charge in [0.05, 0.1) is 0 Å². The summed E-state index contributed by atoms with van der Waals surface area (Å²) in [5.74, 6) is 0.515. The molecule has 0 aliphatic carbocycles. The maximum absolute atomic E-state index is 5.47. The topological polar surface area (TPSA) is 38.9 Å². The largest absolute Gasteiger partial charge is 0.384 e. The van der Waals surface area contributed by atoms with Crippen LogP contribution in [0, 0.1) is 6.92 Å². The molecule has 0 fully saturated rings. The normalized spacial score (nSPS) is 9.44. The fourth-order valence-corrected chi connectivity index (χ4v) is 0.588. The summed E-state index contributed by atoms with van der Waals surface area (Å²) in [6.45, 7) is 1.90. The van der Waals surface area contributed by atoms with Crippen molar-refractivity contribution in [3.05, 3.63) is 17.8 Å². The summed E-state index contributed by atoms with van der Waals surface area (Å²) < 4.78 is 0. The monoisotopic (exact) mass is 118 g/mol. The lowest BCUT2D eigenvalue weighted by molar-refractivity contribution is 1.32. The van der Waals surface area contributed by atoms with Crippen molar-refractivity contribution in [1.82, 2.24) is 4.98 Å². The SMILES string of the molecule is [B]c1cnc(N)cc1C. The van der Waals surface area contributed by atoms with Crippen LogP contribution >= 0.6 is 0 Å². The number of anilines is 1. The first-order valence-corrected chi connectivity index (χ1v) is 2.68. The van der Waals surface area contributed by atoms with E-state index < -0.39 is 0 Å². The van der Waals surface area contributed by atoms with Crippen molar-refractivity contribution in [2.24, 2.45) is 0 Å². The second kappa shape index (κ2) is 2.09. The van der Waals surface area contributed by atoms with Crippen LogP contribution in [0.5, 0.6) is 0 Å². The lowest BCUT2D eigenvalue weighted by atomic mass is 9.94. The number of hydrogen-bond acceptors (Lipinski definition) is 2. The van der Waals surface area contributed by atoms with Gasteiger partial charge in [-0.25, -0.2) is 4.98 Å². The van der Waals surface area contributed by atoms with Crippen LogP contribution in [-0.2, 0) is 0 Å². The standard InChI is InChI=1S/C6H7BN2/c1-4-2-6(8)9-3-5(4)7/h2-3H,1H3,(H2,8,9). The highest BCUT2D eigenvalue weighted by Gasteiger charge is 1.90. The molecule has 0 amide bonds. The number of nitrogens with two attached hydrogens (primary N) is 1. The summed E-state index contributed by atoms with van der Waals surface area (Å²) >= 11 is 0. The van der Waals surface area contributed by atoms with Gasteiger partial charge in [-0.15, -0.1) is 0 Å². The van der Waals surface area contributed by atoms with E-state index in [2.05, 4.69) is 4.98 Å². The first-order valence-electron chi connectivity index (χ1n) is 2.68. The first-order chi connectivity index (χ1) is 4.20. The Kier molecular flexibility index (Phi) is 1.43. The number of aryl methyl sites for hydroxylation is 1. The molecule has 0 spiro atoms. The molecule has 0 saturated heterocycles. The van der Waals surface area contributed by atoms with E-state index in [0.29, 0.717) is 11.3 Å². The summed E-state index contributed by atoms with van der Waals surface area (Å²) in [6, 6.07) is 1.75. The predicted molar refractivity (Wildman–Crippen MR) is 38.8 cm³/mol. The van der Waals surface area contributed by atoms with E-state index in [0.717, 1.165) is 5.56 Å². The van der Waals surface area contributed by atoms with E-state index in [1.165, 1.54) is 0 Å². The molecule has 0 bridgehead atoms. The van der Waals surface area contributed by atoms with Crippen molar-refractivity contribution in [3.63, 3.8) is 0 Å². The van der Waals surface area contributed by atoms with Gasteiger partial charge in [0.1, 0.15) is 13.7 Å². The van der Waals surface area contributed by atoms with Gasteiger partial charge in [0.2, 0.25) is 0 Å². The molecule has 0 atom stereocenters. The van der Waals surface area contributed by atoms with E-state index >= 15 is 0 Å². The molecule has 1 rings (SSSR count). The maximum Gasteiger partial charge on any atom is 0.123 e. The van der Waals surface area contributed by atoms with Gasteiger partial charge in [0, 0.05) is 6.20 Å². The molecule has 0 aliphatic rings. The number of nitrogens with zero attached hydrogens (tertiary/aromatic N) is 1. The summed E-state index contributed by atoms with van der Waals surface area (Å²) in [7, 11) is 5.47. The molecular formula is C6H7BN2. The third-order valence-corrected chi connectivity index (χ3v) is 1.17. The zero-order chi connectivity index (χ0) is 6.85. The number of aromatic nitrogens is 1. The van der Waals surface area contributed by atoms with Crippen LogP contribution in [0.2, 0.25) is 0 Å². The summed E-state index contributed by atoms with van der Waals surface area (Å²) in [6.07, 6.45) is 1.56. The summed E-state index contributed by atoms with van der Waals surface area (Å²) in [5, 5.41) is 0. The smallest absolute Gasteiger partial charge is 0.123 e. The Hall–Kier alpha value is -0.985. The Morgan fingerprint density at radius 3 is 2.78 bits per heavy atom. The fraction of sp³-hybridized carbons (Fsp3) is 0.167. The first kappa shape index (κ1) is 6.14. The third kappa shape index (κ3) is 1.22. The second-order valence-corrected chi connectivity index (χ2v) is 1.97. The van der Waals surface area contributed by atoms with Crippen molar-refractivity contribution >= 4 is 19.1 Å². The van der Waals surface area contributed by atoms with Crippen molar-refractivity contribution in [3.8, 4) is 0 Å². The van der Waals surface area contributed by atoms with Gasteiger partial charge in [0.25, 0.3) is 0 Å². The van der Waals surface area contributed by atoms with Crippen molar-refractivity contribution < 1.29 is 0 Å². The van der Waals surface area contributed by atoms with Gasteiger partial charge in [-0.1, -0.05) is 11.0 Å². The van der Waals surface area contributed by atoms with Gasteiger partial charge in [-0.2, -0.15) is 0 Å². The average molecular weight is 118 g/mol. The summed E-state index contributed by atoms with van der Waals surface area (Å²) in [4.78, 5) is 3.79. The van der Waals surface area contributed by atoms with E-state index in [-0.39, 0.29) is 0 Å². The minimum absolute atomic E-state index is 0.515. The summed E-state index contributed by atoms with van der Waals surface area (Å²) in [5.41, 5.74) is 7.02. The lowest BCUT2D eigenvalue weighted by Crippen LogP contribution is -2.08. The van der Waals surface area contributed by atoms with E-state index in [4.69, 9.17) is 13.6 Å². The van der Waals surface area contributed by atoms with Gasteiger partial charge in [-0.3, -0.25) is 0 Å². The van der Waals surface area contributed by atoms with E-state index in [1.54, 1.807) is 12.3 Å².